The first-order chi connectivity index (χ1) is 7.58. The Hall–Kier alpha value is -1.52. The van der Waals surface area contributed by atoms with Gasteiger partial charge in [0, 0.05) is 5.56 Å². The summed E-state index contributed by atoms with van der Waals surface area (Å²) in [6.07, 6.45) is 0. The number of halogens is 2. The maximum Gasteiger partial charge on any atom is 0.154 e. The van der Waals surface area contributed by atoms with Gasteiger partial charge in [0.2, 0.25) is 0 Å². The predicted molar refractivity (Wildman–Crippen MR) is 66.3 cm³/mol. The van der Waals surface area contributed by atoms with Crippen LogP contribution in [0, 0.1) is 0 Å². The van der Waals surface area contributed by atoms with E-state index in [0.29, 0.717) is 27.2 Å². The molecule has 82 valence electrons. The molecule has 0 saturated carbocycles. The van der Waals surface area contributed by atoms with Crippen LogP contribution in [0.4, 0.5) is 11.6 Å². The molecule has 0 radical (unpaired) electrons. The molecule has 0 unspecified atom stereocenters. The van der Waals surface area contributed by atoms with E-state index in [1.807, 2.05) is 0 Å². The first-order valence-corrected chi connectivity index (χ1v) is 5.17. The summed E-state index contributed by atoms with van der Waals surface area (Å²) in [5.41, 5.74) is 12.7. The highest BCUT2D eigenvalue weighted by atomic mass is 35.5. The molecule has 2 rings (SSSR count). The molecule has 16 heavy (non-hydrogen) atoms. The van der Waals surface area contributed by atoms with Gasteiger partial charge in [0.25, 0.3) is 0 Å². The lowest BCUT2D eigenvalue weighted by atomic mass is 10.1. The minimum absolute atomic E-state index is 0.299. The fourth-order valence-corrected chi connectivity index (χ4v) is 1.61. The molecule has 0 aliphatic heterocycles. The summed E-state index contributed by atoms with van der Waals surface area (Å²) < 4.78 is 0. The first-order valence-electron chi connectivity index (χ1n) is 4.42. The van der Waals surface area contributed by atoms with Crippen molar-refractivity contribution in [3.05, 3.63) is 34.3 Å². The van der Waals surface area contributed by atoms with Gasteiger partial charge in [-0.25, -0.2) is 0 Å². The Balaban J connectivity index is 2.58. The van der Waals surface area contributed by atoms with Crippen LogP contribution in [0.3, 0.4) is 0 Å². The summed E-state index contributed by atoms with van der Waals surface area (Å²) in [6.45, 7) is 0. The molecule has 0 saturated heterocycles. The Morgan fingerprint density at radius 2 is 1.69 bits per heavy atom. The molecule has 1 aromatic heterocycles. The van der Waals surface area contributed by atoms with E-state index in [1.165, 1.54) is 0 Å². The van der Waals surface area contributed by atoms with E-state index in [1.54, 1.807) is 24.3 Å². The Bertz CT molecular complexity index is 542. The van der Waals surface area contributed by atoms with E-state index in [-0.39, 0.29) is 0 Å². The molecule has 0 aliphatic carbocycles. The van der Waals surface area contributed by atoms with Crippen molar-refractivity contribution in [2.45, 2.75) is 0 Å². The third-order valence-corrected chi connectivity index (χ3v) is 2.81. The molecule has 0 atom stereocenters. The van der Waals surface area contributed by atoms with Crippen LogP contribution in [0.15, 0.2) is 24.3 Å². The van der Waals surface area contributed by atoms with Gasteiger partial charge in [0.15, 0.2) is 5.82 Å². The summed E-state index contributed by atoms with van der Waals surface area (Å²) in [4.78, 5) is 0. The zero-order valence-corrected chi connectivity index (χ0v) is 9.63. The number of hydrogen-bond acceptors (Lipinski definition) is 4. The number of aromatic nitrogens is 2. The van der Waals surface area contributed by atoms with Gasteiger partial charge in [0.05, 0.1) is 10.0 Å². The van der Waals surface area contributed by atoms with Crippen LogP contribution in [0.5, 0.6) is 0 Å². The molecule has 1 aromatic carbocycles. The largest absolute Gasteiger partial charge is 0.382 e. The number of nitrogen functional groups attached to an aromatic ring is 2. The van der Waals surface area contributed by atoms with Crippen molar-refractivity contribution >= 4 is 34.8 Å². The molecule has 0 aliphatic rings. The zero-order chi connectivity index (χ0) is 11.7. The van der Waals surface area contributed by atoms with Crippen LogP contribution >= 0.6 is 23.2 Å². The molecule has 1 heterocycles. The van der Waals surface area contributed by atoms with Gasteiger partial charge in [0.1, 0.15) is 5.82 Å². The molecule has 0 amide bonds. The molecule has 0 spiro atoms. The number of benzene rings is 1. The van der Waals surface area contributed by atoms with E-state index in [4.69, 9.17) is 34.7 Å². The van der Waals surface area contributed by atoms with Crippen LogP contribution in [-0.2, 0) is 0 Å². The lowest BCUT2D eigenvalue weighted by Gasteiger charge is -2.06. The summed E-state index contributed by atoms with van der Waals surface area (Å²) in [5, 5.41) is 8.32. The molecular formula is C10H8Cl2N4. The van der Waals surface area contributed by atoms with Crippen molar-refractivity contribution in [1.29, 1.82) is 0 Å². The monoisotopic (exact) mass is 254 g/mol. The molecule has 4 nitrogen and oxygen atoms in total. The first kappa shape index (κ1) is 11.0. The third kappa shape index (κ3) is 2.03. The van der Waals surface area contributed by atoms with Crippen molar-refractivity contribution in [1.82, 2.24) is 10.2 Å². The highest BCUT2D eigenvalue weighted by molar-refractivity contribution is 6.42. The Kier molecular flexibility index (Phi) is 2.85. The minimum Gasteiger partial charge on any atom is -0.382 e. The maximum absolute atomic E-state index is 5.92. The van der Waals surface area contributed by atoms with Crippen molar-refractivity contribution < 1.29 is 0 Å². The van der Waals surface area contributed by atoms with E-state index >= 15 is 0 Å². The SMILES string of the molecule is Nc1cc(-c2ccc(Cl)c(Cl)c2)c(N)nn1. The molecule has 0 fully saturated rings. The summed E-state index contributed by atoms with van der Waals surface area (Å²) >= 11 is 11.7. The quantitative estimate of drug-likeness (QED) is 0.820. The minimum atomic E-state index is 0.299. The number of nitrogens with zero attached hydrogens (tertiary/aromatic N) is 2. The zero-order valence-electron chi connectivity index (χ0n) is 8.11. The van der Waals surface area contributed by atoms with Crippen LogP contribution in [0.25, 0.3) is 11.1 Å². The summed E-state index contributed by atoms with van der Waals surface area (Å²) in [6, 6.07) is 6.83. The van der Waals surface area contributed by atoms with Crippen LogP contribution in [-0.4, -0.2) is 10.2 Å². The second-order valence-corrected chi connectivity index (χ2v) is 4.01. The Labute approximate surface area is 102 Å². The molecule has 6 heteroatoms. The number of anilines is 2. The molecular weight excluding hydrogens is 247 g/mol. The number of nitrogens with two attached hydrogens (primary N) is 2. The number of rotatable bonds is 1. The average Bonchev–Trinajstić information content (AvgIpc) is 2.26. The van der Waals surface area contributed by atoms with Gasteiger partial charge in [-0.05, 0) is 23.8 Å². The van der Waals surface area contributed by atoms with Gasteiger partial charge in [-0.15, -0.1) is 10.2 Å². The van der Waals surface area contributed by atoms with Gasteiger partial charge in [-0.1, -0.05) is 29.3 Å². The average molecular weight is 255 g/mol. The summed E-state index contributed by atoms with van der Waals surface area (Å²) in [7, 11) is 0. The van der Waals surface area contributed by atoms with Crippen molar-refractivity contribution in [2.24, 2.45) is 0 Å². The van der Waals surface area contributed by atoms with E-state index in [9.17, 15) is 0 Å². The Morgan fingerprint density at radius 3 is 2.38 bits per heavy atom. The lowest BCUT2D eigenvalue weighted by Crippen LogP contribution is -2.00. The van der Waals surface area contributed by atoms with Crippen molar-refractivity contribution in [3.63, 3.8) is 0 Å². The fraction of sp³-hybridized carbons (Fsp3) is 0. The van der Waals surface area contributed by atoms with Crippen molar-refractivity contribution in [2.75, 3.05) is 11.5 Å². The standard InChI is InChI=1S/C10H8Cl2N4/c11-7-2-1-5(3-8(7)12)6-4-9(13)15-16-10(6)14/h1-4H,(H2,13,15)(H2,14,16). The number of hydrogen-bond donors (Lipinski definition) is 2. The highest BCUT2D eigenvalue weighted by Gasteiger charge is 2.07. The van der Waals surface area contributed by atoms with Crippen LogP contribution in [0.2, 0.25) is 10.0 Å². The van der Waals surface area contributed by atoms with E-state index < -0.39 is 0 Å². The van der Waals surface area contributed by atoms with Gasteiger partial charge in [-0.3, -0.25) is 0 Å². The maximum atomic E-state index is 5.92. The molecule has 4 N–H and O–H groups in total. The Morgan fingerprint density at radius 1 is 0.938 bits per heavy atom. The van der Waals surface area contributed by atoms with Crippen molar-refractivity contribution in [3.8, 4) is 11.1 Å². The lowest BCUT2D eigenvalue weighted by molar-refractivity contribution is 1.05. The molecule has 2 aromatic rings. The van der Waals surface area contributed by atoms with Gasteiger partial charge < -0.3 is 11.5 Å². The van der Waals surface area contributed by atoms with E-state index in [0.717, 1.165) is 5.56 Å². The second kappa shape index (κ2) is 4.15. The van der Waals surface area contributed by atoms with Crippen LogP contribution < -0.4 is 11.5 Å². The smallest absolute Gasteiger partial charge is 0.154 e. The van der Waals surface area contributed by atoms with Gasteiger partial charge >= 0.3 is 0 Å². The topological polar surface area (TPSA) is 77.8 Å². The van der Waals surface area contributed by atoms with Crippen LogP contribution in [0.1, 0.15) is 0 Å². The third-order valence-electron chi connectivity index (χ3n) is 2.07. The normalized spacial score (nSPS) is 10.4. The van der Waals surface area contributed by atoms with Gasteiger partial charge in [-0.2, -0.15) is 0 Å². The second-order valence-electron chi connectivity index (χ2n) is 3.20. The summed E-state index contributed by atoms with van der Waals surface area (Å²) in [5.74, 6) is 0.600. The van der Waals surface area contributed by atoms with E-state index in [2.05, 4.69) is 10.2 Å². The fourth-order valence-electron chi connectivity index (χ4n) is 1.31. The molecule has 0 bridgehead atoms. The predicted octanol–water partition coefficient (Wildman–Crippen LogP) is 2.61. The highest BCUT2D eigenvalue weighted by Crippen LogP contribution is 2.31.